The number of aryl methyl sites for hydroxylation is 1. The van der Waals surface area contributed by atoms with Gasteiger partial charge in [-0.05, 0) is 57.2 Å². The van der Waals surface area contributed by atoms with E-state index in [9.17, 15) is 0 Å². The smallest absolute Gasteiger partial charge is 0.245 e. The summed E-state index contributed by atoms with van der Waals surface area (Å²) in [6.45, 7) is 4.04. The van der Waals surface area contributed by atoms with Gasteiger partial charge in [0.15, 0.2) is 11.6 Å². The van der Waals surface area contributed by atoms with Gasteiger partial charge in [-0.15, -0.1) is 5.10 Å². The highest BCUT2D eigenvalue weighted by Gasteiger charge is 2.44. The molecule has 2 atom stereocenters. The third-order valence-electron chi connectivity index (χ3n) is 6.16. The van der Waals surface area contributed by atoms with Crippen molar-refractivity contribution in [2.75, 3.05) is 30.4 Å². The molecule has 1 saturated carbocycles. The Hall–Kier alpha value is -2.61. The molecular weight excluding hydrogens is 340 g/mol. The number of nitrogens with zero attached hydrogens (tertiary/aromatic N) is 5. The van der Waals surface area contributed by atoms with Gasteiger partial charge in [0, 0.05) is 37.1 Å². The Morgan fingerprint density at radius 3 is 3.04 bits per heavy atom. The first-order valence-corrected chi connectivity index (χ1v) is 9.71. The highest BCUT2D eigenvalue weighted by molar-refractivity contribution is 5.73. The van der Waals surface area contributed by atoms with Crippen LogP contribution in [0.25, 0.3) is 5.52 Å². The first-order valence-electron chi connectivity index (χ1n) is 9.71. The zero-order chi connectivity index (χ0) is 18.4. The van der Waals surface area contributed by atoms with Crippen molar-refractivity contribution in [2.45, 2.75) is 38.6 Å². The number of hydrogen-bond acceptors (Lipinski definition) is 6. The molecule has 8 heteroatoms. The fourth-order valence-corrected chi connectivity index (χ4v) is 4.68. The number of aromatic amines is 1. The number of nitrogens with one attached hydrogen (secondary N) is 3. The van der Waals surface area contributed by atoms with Crippen LogP contribution in [-0.2, 0) is 0 Å². The van der Waals surface area contributed by atoms with Crippen LogP contribution in [0.15, 0.2) is 24.4 Å². The van der Waals surface area contributed by atoms with Crippen LogP contribution >= 0.6 is 0 Å². The van der Waals surface area contributed by atoms with Crippen LogP contribution in [-0.4, -0.2) is 51.0 Å². The predicted octanol–water partition coefficient (Wildman–Crippen LogP) is 2.47. The Morgan fingerprint density at radius 1 is 1.33 bits per heavy atom. The van der Waals surface area contributed by atoms with Crippen molar-refractivity contribution in [2.24, 2.45) is 5.41 Å². The van der Waals surface area contributed by atoms with E-state index in [0.717, 1.165) is 41.9 Å². The lowest BCUT2D eigenvalue weighted by atomic mass is 9.85. The summed E-state index contributed by atoms with van der Waals surface area (Å²) < 4.78 is 1.90. The molecule has 1 aliphatic heterocycles. The summed E-state index contributed by atoms with van der Waals surface area (Å²) in [6, 6.07) is 6.64. The number of fused-ring (bicyclic) bond motifs is 1. The summed E-state index contributed by atoms with van der Waals surface area (Å²) in [6.07, 6.45) is 7.01. The topological polar surface area (TPSA) is 86.2 Å². The number of hydrogen-bond donors (Lipinski definition) is 3. The molecule has 2 aliphatic rings. The highest BCUT2D eigenvalue weighted by Crippen LogP contribution is 2.46. The Kier molecular flexibility index (Phi) is 3.82. The lowest BCUT2D eigenvalue weighted by molar-refractivity contribution is 0.330. The Bertz CT molecular complexity index is 960. The van der Waals surface area contributed by atoms with E-state index >= 15 is 0 Å². The fourth-order valence-electron chi connectivity index (χ4n) is 4.68. The third kappa shape index (κ3) is 2.93. The SMILES string of the molecule is CNC1CCC2(CCN(c3nc(Nc4cc(C)[nH]n4)c4cccn4n3)C2)C1. The summed E-state index contributed by atoms with van der Waals surface area (Å²) in [5.74, 6) is 2.35. The van der Waals surface area contributed by atoms with Crippen LogP contribution in [0.3, 0.4) is 0 Å². The molecule has 0 amide bonds. The van der Waals surface area contributed by atoms with Gasteiger partial charge >= 0.3 is 0 Å². The first-order chi connectivity index (χ1) is 13.1. The molecule has 3 N–H and O–H groups in total. The second-order valence-electron chi connectivity index (χ2n) is 8.06. The second-order valence-corrected chi connectivity index (χ2v) is 8.06. The maximum atomic E-state index is 4.87. The molecule has 27 heavy (non-hydrogen) atoms. The standard InChI is InChI=1S/C19H26N8/c1-13-10-16(24-23-13)21-17-15-4-3-8-27(15)25-18(22-17)26-9-7-19(12-26)6-5-14(11-19)20-2/h3-4,8,10,14,20H,5-7,9,11-12H2,1-2H3,(H2,21,22,23,24,25). The second kappa shape index (κ2) is 6.23. The molecule has 1 saturated heterocycles. The largest absolute Gasteiger partial charge is 0.339 e. The van der Waals surface area contributed by atoms with Gasteiger partial charge in [0.1, 0.15) is 5.52 Å². The van der Waals surface area contributed by atoms with Gasteiger partial charge < -0.3 is 15.5 Å². The molecule has 3 aromatic heterocycles. The first kappa shape index (κ1) is 16.6. The third-order valence-corrected chi connectivity index (χ3v) is 6.16. The van der Waals surface area contributed by atoms with Crippen LogP contribution in [0.2, 0.25) is 0 Å². The van der Waals surface area contributed by atoms with E-state index in [1.54, 1.807) is 0 Å². The van der Waals surface area contributed by atoms with E-state index < -0.39 is 0 Å². The summed E-state index contributed by atoms with van der Waals surface area (Å²) in [4.78, 5) is 7.21. The summed E-state index contributed by atoms with van der Waals surface area (Å²) in [5, 5.41) is 18.8. The minimum absolute atomic E-state index is 0.412. The zero-order valence-corrected chi connectivity index (χ0v) is 15.9. The zero-order valence-electron chi connectivity index (χ0n) is 15.9. The predicted molar refractivity (Wildman–Crippen MR) is 106 cm³/mol. The van der Waals surface area contributed by atoms with Crippen molar-refractivity contribution >= 4 is 23.1 Å². The van der Waals surface area contributed by atoms with Gasteiger partial charge in [0.05, 0.1) is 0 Å². The van der Waals surface area contributed by atoms with E-state index in [-0.39, 0.29) is 0 Å². The molecule has 8 nitrogen and oxygen atoms in total. The molecule has 2 unspecified atom stereocenters. The van der Waals surface area contributed by atoms with Crippen molar-refractivity contribution in [3.05, 3.63) is 30.1 Å². The lowest BCUT2D eigenvalue weighted by Crippen LogP contribution is -2.29. The van der Waals surface area contributed by atoms with Gasteiger partial charge in [-0.25, -0.2) is 4.52 Å². The van der Waals surface area contributed by atoms with Crippen molar-refractivity contribution < 1.29 is 0 Å². The van der Waals surface area contributed by atoms with E-state index in [2.05, 4.69) is 32.8 Å². The average Bonchev–Trinajstić information content (AvgIpc) is 3.44. The molecule has 1 aliphatic carbocycles. The van der Waals surface area contributed by atoms with Gasteiger partial charge in [-0.1, -0.05) is 0 Å². The Morgan fingerprint density at radius 2 is 2.26 bits per heavy atom. The van der Waals surface area contributed by atoms with Crippen LogP contribution in [0.1, 0.15) is 31.4 Å². The van der Waals surface area contributed by atoms with E-state index in [4.69, 9.17) is 10.1 Å². The maximum Gasteiger partial charge on any atom is 0.245 e. The number of rotatable bonds is 4. The number of H-pyrrole nitrogens is 1. The van der Waals surface area contributed by atoms with Gasteiger partial charge in [0.2, 0.25) is 5.95 Å². The van der Waals surface area contributed by atoms with Gasteiger partial charge in [-0.2, -0.15) is 10.1 Å². The van der Waals surface area contributed by atoms with Crippen LogP contribution in [0.4, 0.5) is 17.6 Å². The van der Waals surface area contributed by atoms with Crippen LogP contribution in [0, 0.1) is 12.3 Å². The van der Waals surface area contributed by atoms with Crippen molar-refractivity contribution in [1.29, 1.82) is 0 Å². The summed E-state index contributed by atoms with van der Waals surface area (Å²) in [5.41, 5.74) is 2.37. The molecule has 4 heterocycles. The lowest BCUT2D eigenvalue weighted by Gasteiger charge is -2.24. The van der Waals surface area contributed by atoms with Crippen molar-refractivity contribution in [1.82, 2.24) is 30.1 Å². The summed E-state index contributed by atoms with van der Waals surface area (Å²) >= 11 is 0. The monoisotopic (exact) mass is 366 g/mol. The summed E-state index contributed by atoms with van der Waals surface area (Å²) in [7, 11) is 2.08. The molecule has 0 bridgehead atoms. The van der Waals surface area contributed by atoms with Crippen molar-refractivity contribution in [3.8, 4) is 0 Å². The van der Waals surface area contributed by atoms with Gasteiger partial charge in [-0.3, -0.25) is 5.10 Å². The van der Waals surface area contributed by atoms with E-state index in [0.29, 0.717) is 11.5 Å². The average molecular weight is 366 g/mol. The molecule has 5 rings (SSSR count). The van der Waals surface area contributed by atoms with Gasteiger partial charge in [0.25, 0.3) is 0 Å². The minimum atomic E-state index is 0.412. The molecule has 142 valence electrons. The van der Waals surface area contributed by atoms with E-state index in [1.807, 2.05) is 35.8 Å². The Balaban J connectivity index is 1.44. The molecule has 3 aromatic rings. The maximum absolute atomic E-state index is 4.87. The molecule has 0 aromatic carbocycles. The minimum Gasteiger partial charge on any atom is -0.339 e. The highest BCUT2D eigenvalue weighted by atomic mass is 15.4. The fraction of sp³-hybridized carbons (Fsp3) is 0.526. The number of anilines is 3. The van der Waals surface area contributed by atoms with E-state index in [1.165, 1.54) is 25.7 Å². The molecule has 2 fully saturated rings. The Labute approximate surface area is 158 Å². The van der Waals surface area contributed by atoms with Crippen molar-refractivity contribution in [3.63, 3.8) is 0 Å². The normalized spacial score (nSPS) is 25.1. The molecular formula is C19H26N8. The van der Waals surface area contributed by atoms with Crippen LogP contribution in [0.5, 0.6) is 0 Å². The molecule has 1 spiro atoms. The van der Waals surface area contributed by atoms with Crippen LogP contribution < -0.4 is 15.5 Å². The quantitative estimate of drug-likeness (QED) is 0.658. The number of aromatic nitrogens is 5. The molecule has 0 radical (unpaired) electrons.